The molecule has 1 aromatic carbocycles. The van der Waals surface area contributed by atoms with Crippen LogP contribution in [-0.2, 0) is 11.8 Å². The lowest BCUT2D eigenvalue weighted by Crippen LogP contribution is -2.49. The first-order chi connectivity index (χ1) is 14.1. The van der Waals surface area contributed by atoms with Gasteiger partial charge in [-0.2, -0.15) is 5.10 Å². The van der Waals surface area contributed by atoms with E-state index in [0.29, 0.717) is 31.8 Å². The first-order valence-electron chi connectivity index (χ1n) is 9.58. The van der Waals surface area contributed by atoms with E-state index < -0.39 is 0 Å². The summed E-state index contributed by atoms with van der Waals surface area (Å²) in [5.41, 5.74) is 1.65. The third-order valence-corrected chi connectivity index (χ3v) is 4.72. The number of aliphatic imine (C=N–C) groups is 1. The van der Waals surface area contributed by atoms with Crippen molar-refractivity contribution in [3.63, 3.8) is 0 Å². The molecule has 1 aromatic heterocycles. The van der Waals surface area contributed by atoms with Gasteiger partial charge in [-0.05, 0) is 24.3 Å². The summed E-state index contributed by atoms with van der Waals surface area (Å²) in [5, 5.41) is 10.4. The van der Waals surface area contributed by atoms with E-state index in [1.54, 1.807) is 43.1 Å². The number of methoxy groups -OCH3 is 1. The van der Waals surface area contributed by atoms with Crippen LogP contribution in [0, 0.1) is 0 Å². The van der Waals surface area contributed by atoms with Crippen LogP contribution >= 0.6 is 0 Å². The molecule has 29 heavy (non-hydrogen) atoms. The highest BCUT2D eigenvalue weighted by molar-refractivity contribution is 5.94. The predicted octanol–water partition coefficient (Wildman–Crippen LogP) is 0.807. The molecule has 2 heterocycles. The number of carbonyl (C=O) groups excluding carboxylic acids is 1. The molecular weight excluding hydrogens is 372 g/mol. The molecule has 2 aromatic rings. The quantitative estimate of drug-likeness (QED) is 0.423. The van der Waals surface area contributed by atoms with E-state index in [-0.39, 0.29) is 12.0 Å². The van der Waals surface area contributed by atoms with Crippen LogP contribution in [0.25, 0.3) is 0 Å². The highest BCUT2D eigenvalue weighted by atomic mass is 16.5. The zero-order chi connectivity index (χ0) is 20.6. The number of aromatic nitrogens is 2. The molecule has 156 valence electrons. The van der Waals surface area contributed by atoms with Crippen LogP contribution in [0.4, 0.5) is 0 Å². The number of nitrogens with zero attached hydrogens (tertiary/aromatic N) is 4. The minimum Gasteiger partial charge on any atom is -0.497 e. The Morgan fingerprint density at radius 3 is 2.72 bits per heavy atom. The molecule has 1 saturated heterocycles. The Morgan fingerprint density at radius 2 is 2.07 bits per heavy atom. The number of rotatable bonds is 6. The third kappa shape index (κ3) is 5.47. The van der Waals surface area contributed by atoms with Gasteiger partial charge in [0.15, 0.2) is 5.96 Å². The van der Waals surface area contributed by atoms with Gasteiger partial charge in [-0.15, -0.1) is 0 Å². The molecule has 0 bridgehead atoms. The average molecular weight is 400 g/mol. The van der Waals surface area contributed by atoms with Crippen LogP contribution in [0.2, 0.25) is 0 Å². The van der Waals surface area contributed by atoms with E-state index in [1.165, 1.54) is 0 Å². The van der Waals surface area contributed by atoms with E-state index in [1.807, 2.05) is 19.4 Å². The van der Waals surface area contributed by atoms with E-state index in [2.05, 4.69) is 25.6 Å². The summed E-state index contributed by atoms with van der Waals surface area (Å²) in [5.74, 6) is 1.40. The molecule has 2 N–H and O–H groups in total. The predicted molar refractivity (Wildman–Crippen MR) is 110 cm³/mol. The van der Waals surface area contributed by atoms with Crippen molar-refractivity contribution in [2.75, 3.05) is 46.9 Å². The molecule has 1 unspecified atom stereocenters. The van der Waals surface area contributed by atoms with Gasteiger partial charge >= 0.3 is 0 Å². The van der Waals surface area contributed by atoms with Crippen LogP contribution in [0.1, 0.15) is 22.0 Å². The zero-order valence-electron chi connectivity index (χ0n) is 17.1. The van der Waals surface area contributed by atoms with Crippen molar-refractivity contribution in [3.8, 4) is 5.75 Å². The van der Waals surface area contributed by atoms with Crippen LogP contribution in [0.5, 0.6) is 5.75 Å². The van der Waals surface area contributed by atoms with Crippen molar-refractivity contribution >= 4 is 11.9 Å². The van der Waals surface area contributed by atoms with Crippen molar-refractivity contribution in [2.24, 2.45) is 12.0 Å². The van der Waals surface area contributed by atoms with Gasteiger partial charge in [0.1, 0.15) is 11.9 Å². The van der Waals surface area contributed by atoms with E-state index in [0.717, 1.165) is 23.8 Å². The molecule has 9 heteroatoms. The Hall–Kier alpha value is -3.07. The van der Waals surface area contributed by atoms with Gasteiger partial charge in [0, 0.05) is 51.1 Å². The van der Waals surface area contributed by atoms with Gasteiger partial charge in [0.2, 0.25) is 0 Å². The highest BCUT2D eigenvalue weighted by Gasteiger charge is 2.25. The van der Waals surface area contributed by atoms with Crippen LogP contribution in [0.3, 0.4) is 0 Å². The molecule has 9 nitrogen and oxygen atoms in total. The number of amides is 1. The zero-order valence-corrected chi connectivity index (χ0v) is 17.1. The summed E-state index contributed by atoms with van der Waals surface area (Å²) in [6.07, 6.45) is 3.77. The highest BCUT2D eigenvalue weighted by Crippen LogP contribution is 2.21. The number of aryl methyl sites for hydroxylation is 1. The summed E-state index contributed by atoms with van der Waals surface area (Å²) in [6, 6.07) is 7.03. The fourth-order valence-corrected chi connectivity index (χ4v) is 3.18. The van der Waals surface area contributed by atoms with Gasteiger partial charge in [-0.3, -0.25) is 14.5 Å². The molecular formula is C20H28N6O3. The van der Waals surface area contributed by atoms with Gasteiger partial charge in [0.05, 0.1) is 26.5 Å². The molecule has 0 aliphatic carbocycles. The molecule has 0 spiro atoms. The number of ether oxygens (including phenoxy) is 2. The van der Waals surface area contributed by atoms with Gasteiger partial charge in [-0.25, -0.2) is 0 Å². The molecule has 0 saturated carbocycles. The smallest absolute Gasteiger partial charge is 0.251 e. The second-order valence-electron chi connectivity index (χ2n) is 6.71. The van der Waals surface area contributed by atoms with Crippen molar-refractivity contribution in [1.29, 1.82) is 0 Å². The Kier molecular flexibility index (Phi) is 7.07. The van der Waals surface area contributed by atoms with Crippen molar-refractivity contribution in [1.82, 2.24) is 25.3 Å². The number of nitrogens with one attached hydrogen (secondary N) is 2. The van der Waals surface area contributed by atoms with E-state index in [4.69, 9.17) is 9.47 Å². The molecule has 1 aliphatic heterocycles. The minimum atomic E-state index is -0.118. The van der Waals surface area contributed by atoms with Crippen molar-refractivity contribution in [2.45, 2.75) is 6.10 Å². The standard InChI is InChI=1S/C20H28N6O3/c1-21-20(26-10-11-29-18(14-26)16-12-24-25(2)13-16)23-9-8-22-19(27)15-4-6-17(28-3)7-5-15/h4-7,12-13,18H,8-11,14H2,1-3H3,(H,21,23)(H,22,27). The number of carbonyl (C=O) groups is 1. The molecule has 1 atom stereocenters. The third-order valence-electron chi connectivity index (χ3n) is 4.72. The van der Waals surface area contributed by atoms with Crippen LogP contribution < -0.4 is 15.4 Å². The van der Waals surface area contributed by atoms with Gasteiger partial charge < -0.3 is 25.0 Å². The summed E-state index contributed by atoms with van der Waals surface area (Å²) in [6.45, 7) is 3.14. The van der Waals surface area contributed by atoms with Gasteiger partial charge in [-0.1, -0.05) is 0 Å². The van der Waals surface area contributed by atoms with Crippen molar-refractivity contribution < 1.29 is 14.3 Å². The minimum absolute atomic E-state index is 0.0363. The topological polar surface area (TPSA) is 93.0 Å². The lowest BCUT2D eigenvalue weighted by molar-refractivity contribution is -0.00800. The first-order valence-corrected chi connectivity index (χ1v) is 9.58. The Labute approximate surface area is 170 Å². The second kappa shape index (κ2) is 9.92. The van der Waals surface area contributed by atoms with Crippen molar-refractivity contribution in [3.05, 3.63) is 47.8 Å². The number of guanidine groups is 1. The van der Waals surface area contributed by atoms with E-state index in [9.17, 15) is 4.79 Å². The lowest BCUT2D eigenvalue weighted by Gasteiger charge is -2.34. The molecule has 1 fully saturated rings. The maximum Gasteiger partial charge on any atom is 0.251 e. The van der Waals surface area contributed by atoms with E-state index >= 15 is 0 Å². The fraction of sp³-hybridized carbons (Fsp3) is 0.450. The monoisotopic (exact) mass is 400 g/mol. The Balaban J connectivity index is 1.45. The summed E-state index contributed by atoms with van der Waals surface area (Å²) in [4.78, 5) is 18.7. The molecule has 1 aliphatic rings. The lowest BCUT2D eigenvalue weighted by atomic mass is 10.1. The molecule has 0 radical (unpaired) electrons. The first kappa shape index (κ1) is 20.7. The maximum absolute atomic E-state index is 12.2. The summed E-state index contributed by atoms with van der Waals surface area (Å²) >= 11 is 0. The number of benzene rings is 1. The van der Waals surface area contributed by atoms with Gasteiger partial charge in [0.25, 0.3) is 5.91 Å². The Bertz CT molecular complexity index is 833. The summed E-state index contributed by atoms with van der Waals surface area (Å²) in [7, 11) is 5.25. The SMILES string of the molecule is CN=C(NCCNC(=O)c1ccc(OC)cc1)N1CCOC(c2cnn(C)c2)C1. The maximum atomic E-state index is 12.2. The second-order valence-corrected chi connectivity index (χ2v) is 6.71. The number of hydrogen-bond donors (Lipinski definition) is 2. The Morgan fingerprint density at radius 1 is 1.31 bits per heavy atom. The number of morpholine rings is 1. The average Bonchev–Trinajstić information content (AvgIpc) is 3.20. The largest absolute Gasteiger partial charge is 0.497 e. The van der Waals surface area contributed by atoms with Crippen LogP contribution in [0.15, 0.2) is 41.7 Å². The molecule has 1 amide bonds. The fourth-order valence-electron chi connectivity index (χ4n) is 3.18. The molecule has 3 rings (SSSR count). The number of hydrogen-bond acceptors (Lipinski definition) is 5. The summed E-state index contributed by atoms with van der Waals surface area (Å²) < 4.78 is 12.8. The van der Waals surface area contributed by atoms with Crippen LogP contribution in [-0.4, -0.2) is 73.5 Å². The normalized spacial score (nSPS) is 17.1.